The lowest BCUT2D eigenvalue weighted by Gasteiger charge is -2.20. The summed E-state index contributed by atoms with van der Waals surface area (Å²) in [7, 11) is 0. The van der Waals surface area contributed by atoms with Gasteiger partial charge >= 0.3 is 0 Å². The molecule has 0 amide bonds. The van der Waals surface area contributed by atoms with Crippen LogP contribution >= 0.6 is 12.4 Å². The minimum Gasteiger partial charge on any atom is -0.392 e. The lowest BCUT2D eigenvalue weighted by atomic mass is 9.87. The summed E-state index contributed by atoms with van der Waals surface area (Å²) in [6.07, 6.45) is 0.195. The predicted molar refractivity (Wildman–Crippen MR) is 81.7 cm³/mol. The summed E-state index contributed by atoms with van der Waals surface area (Å²) in [6, 6.07) is 20.5. The Hall–Kier alpha value is -1.35. The fourth-order valence-corrected chi connectivity index (χ4v) is 2.20. The van der Waals surface area contributed by atoms with Crippen molar-refractivity contribution in [1.29, 1.82) is 0 Å². The van der Waals surface area contributed by atoms with Crippen molar-refractivity contribution in [1.82, 2.24) is 0 Å². The first kappa shape index (κ1) is 15.7. The highest BCUT2D eigenvalue weighted by Crippen LogP contribution is 2.28. The number of hydrogen-bond acceptors (Lipinski definition) is 2. The molecule has 19 heavy (non-hydrogen) atoms. The van der Waals surface area contributed by atoms with Crippen LogP contribution in [-0.4, -0.2) is 17.8 Å². The Labute approximate surface area is 120 Å². The van der Waals surface area contributed by atoms with E-state index in [-0.39, 0.29) is 18.3 Å². The Morgan fingerprint density at radius 1 is 0.842 bits per heavy atom. The van der Waals surface area contributed by atoms with E-state index in [2.05, 4.69) is 24.3 Å². The van der Waals surface area contributed by atoms with Crippen LogP contribution in [0.1, 0.15) is 23.5 Å². The number of rotatable bonds is 5. The van der Waals surface area contributed by atoms with Crippen molar-refractivity contribution >= 4 is 12.4 Å². The smallest absolute Gasteiger partial charge is 0.0671 e. The van der Waals surface area contributed by atoms with Crippen molar-refractivity contribution in [3.8, 4) is 0 Å². The van der Waals surface area contributed by atoms with E-state index in [1.54, 1.807) is 0 Å². The number of aliphatic hydroxyl groups excluding tert-OH is 1. The Morgan fingerprint density at radius 3 is 1.63 bits per heavy atom. The van der Waals surface area contributed by atoms with Crippen molar-refractivity contribution in [2.75, 3.05) is 6.54 Å². The fourth-order valence-electron chi connectivity index (χ4n) is 2.20. The first-order valence-electron chi connectivity index (χ1n) is 6.29. The van der Waals surface area contributed by atoms with Crippen LogP contribution < -0.4 is 5.73 Å². The molecule has 2 nitrogen and oxygen atoms in total. The molecular weight excluding hydrogens is 258 g/mol. The van der Waals surface area contributed by atoms with Gasteiger partial charge in [0.1, 0.15) is 0 Å². The molecule has 0 heterocycles. The quantitative estimate of drug-likeness (QED) is 0.883. The Kier molecular flexibility index (Phi) is 6.57. The molecule has 2 aromatic carbocycles. The van der Waals surface area contributed by atoms with Crippen molar-refractivity contribution < 1.29 is 5.11 Å². The molecular formula is C16H20ClNO. The summed E-state index contributed by atoms with van der Waals surface area (Å²) in [4.78, 5) is 0. The first-order valence-corrected chi connectivity index (χ1v) is 6.29. The summed E-state index contributed by atoms with van der Waals surface area (Å²) in [6.45, 7) is 0.302. The van der Waals surface area contributed by atoms with E-state index in [4.69, 9.17) is 5.73 Å². The molecule has 0 radical (unpaired) electrons. The zero-order valence-corrected chi connectivity index (χ0v) is 11.6. The van der Waals surface area contributed by atoms with Crippen LogP contribution in [0.5, 0.6) is 0 Å². The van der Waals surface area contributed by atoms with E-state index in [0.29, 0.717) is 13.0 Å². The summed E-state index contributed by atoms with van der Waals surface area (Å²) >= 11 is 0. The number of hydrogen-bond donors (Lipinski definition) is 2. The molecule has 0 saturated heterocycles. The monoisotopic (exact) mass is 277 g/mol. The molecule has 2 aromatic rings. The Morgan fingerprint density at radius 2 is 1.26 bits per heavy atom. The lowest BCUT2D eigenvalue weighted by Crippen LogP contribution is -2.22. The predicted octanol–water partition coefficient (Wildman–Crippen LogP) is 2.95. The molecule has 0 aliphatic rings. The molecule has 102 valence electrons. The third-order valence-corrected chi connectivity index (χ3v) is 3.18. The van der Waals surface area contributed by atoms with Gasteiger partial charge in [-0.1, -0.05) is 60.7 Å². The van der Waals surface area contributed by atoms with Gasteiger partial charge in [-0.15, -0.1) is 12.4 Å². The van der Waals surface area contributed by atoms with Crippen LogP contribution in [0.25, 0.3) is 0 Å². The highest BCUT2D eigenvalue weighted by molar-refractivity contribution is 5.85. The minimum absolute atomic E-state index is 0. The lowest BCUT2D eigenvalue weighted by molar-refractivity contribution is 0.167. The summed E-state index contributed by atoms with van der Waals surface area (Å²) in [5.41, 5.74) is 7.96. The number of nitrogens with two attached hydrogens (primary N) is 1. The third kappa shape index (κ3) is 4.35. The van der Waals surface area contributed by atoms with Crippen LogP contribution in [0, 0.1) is 0 Å². The molecule has 0 spiro atoms. The first-order chi connectivity index (χ1) is 8.81. The largest absolute Gasteiger partial charge is 0.392 e. The second-order valence-corrected chi connectivity index (χ2v) is 4.50. The Balaban J connectivity index is 0.00000180. The summed E-state index contributed by atoms with van der Waals surface area (Å²) in [5, 5.41) is 9.83. The molecule has 0 fully saturated rings. The minimum atomic E-state index is -0.463. The second-order valence-electron chi connectivity index (χ2n) is 4.50. The Bertz CT molecular complexity index is 421. The van der Waals surface area contributed by atoms with Crippen LogP contribution in [0.2, 0.25) is 0 Å². The van der Waals surface area contributed by atoms with Gasteiger partial charge in [0.15, 0.2) is 0 Å². The van der Waals surface area contributed by atoms with Gasteiger partial charge in [0.25, 0.3) is 0 Å². The van der Waals surface area contributed by atoms with Crippen molar-refractivity contribution in [3.63, 3.8) is 0 Å². The molecule has 0 bridgehead atoms. The average Bonchev–Trinajstić information content (AvgIpc) is 2.46. The van der Waals surface area contributed by atoms with E-state index in [0.717, 1.165) is 0 Å². The van der Waals surface area contributed by atoms with Gasteiger partial charge in [0.2, 0.25) is 0 Å². The molecule has 3 N–H and O–H groups in total. The molecule has 0 aliphatic heterocycles. The van der Waals surface area contributed by atoms with E-state index in [9.17, 15) is 5.11 Å². The van der Waals surface area contributed by atoms with Crippen LogP contribution in [0.15, 0.2) is 60.7 Å². The third-order valence-electron chi connectivity index (χ3n) is 3.18. The van der Waals surface area contributed by atoms with Crippen LogP contribution in [-0.2, 0) is 0 Å². The highest BCUT2D eigenvalue weighted by Gasteiger charge is 2.17. The maximum absolute atomic E-state index is 9.83. The topological polar surface area (TPSA) is 46.2 Å². The zero-order valence-electron chi connectivity index (χ0n) is 10.8. The van der Waals surface area contributed by atoms with E-state index >= 15 is 0 Å². The normalized spacial score (nSPS) is 11.9. The number of benzene rings is 2. The number of aliphatic hydroxyl groups is 1. The zero-order chi connectivity index (χ0) is 12.8. The molecule has 0 aromatic heterocycles. The maximum Gasteiger partial charge on any atom is 0.0671 e. The SMILES string of the molecule is Cl.NCC(O)CC(c1ccccc1)c1ccccc1. The van der Waals surface area contributed by atoms with E-state index < -0.39 is 6.10 Å². The number of halogens is 1. The standard InChI is InChI=1S/C16H19NO.ClH/c17-12-15(18)11-16(13-7-3-1-4-8-13)14-9-5-2-6-10-14;/h1-10,15-16,18H,11-12,17H2;1H. The summed E-state index contributed by atoms with van der Waals surface area (Å²) < 4.78 is 0. The maximum atomic E-state index is 9.83. The van der Waals surface area contributed by atoms with Crippen LogP contribution in [0.4, 0.5) is 0 Å². The van der Waals surface area contributed by atoms with Crippen molar-refractivity contribution in [2.24, 2.45) is 5.73 Å². The van der Waals surface area contributed by atoms with Gasteiger partial charge in [-0.3, -0.25) is 0 Å². The average molecular weight is 278 g/mol. The van der Waals surface area contributed by atoms with Crippen molar-refractivity contribution in [3.05, 3.63) is 71.8 Å². The van der Waals surface area contributed by atoms with Gasteiger partial charge in [0.05, 0.1) is 6.10 Å². The van der Waals surface area contributed by atoms with Gasteiger partial charge in [-0.2, -0.15) is 0 Å². The van der Waals surface area contributed by atoms with Crippen molar-refractivity contribution in [2.45, 2.75) is 18.4 Å². The molecule has 1 unspecified atom stereocenters. The van der Waals surface area contributed by atoms with E-state index in [1.807, 2.05) is 36.4 Å². The molecule has 0 aliphatic carbocycles. The van der Waals surface area contributed by atoms with Gasteiger partial charge in [0, 0.05) is 12.5 Å². The fraction of sp³-hybridized carbons (Fsp3) is 0.250. The second kappa shape index (κ2) is 7.95. The van der Waals surface area contributed by atoms with Crippen LogP contribution in [0.3, 0.4) is 0 Å². The van der Waals surface area contributed by atoms with Gasteiger partial charge in [-0.05, 0) is 17.5 Å². The summed E-state index contributed by atoms with van der Waals surface area (Å²) in [5.74, 6) is 0.200. The molecule has 0 saturated carbocycles. The molecule has 2 rings (SSSR count). The van der Waals surface area contributed by atoms with Gasteiger partial charge in [-0.25, -0.2) is 0 Å². The van der Waals surface area contributed by atoms with E-state index in [1.165, 1.54) is 11.1 Å². The molecule has 3 heteroatoms. The highest BCUT2D eigenvalue weighted by atomic mass is 35.5. The molecule has 1 atom stereocenters. The van der Waals surface area contributed by atoms with Gasteiger partial charge < -0.3 is 10.8 Å².